The van der Waals surface area contributed by atoms with E-state index in [-0.39, 0.29) is 5.92 Å². The molecule has 2 saturated carbocycles. The molecule has 1 amide bonds. The Morgan fingerprint density at radius 3 is 2.62 bits per heavy atom. The van der Waals surface area contributed by atoms with Crippen molar-refractivity contribution in [2.75, 3.05) is 26.2 Å². The summed E-state index contributed by atoms with van der Waals surface area (Å²) in [4.78, 5) is 19.5. The molecule has 1 unspecified atom stereocenters. The van der Waals surface area contributed by atoms with E-state index in [0.717, 1.165) is 51.4 Å². The molecule has 2 aliphatic carbocycles. The molecule has 0 radical (unpaired) electrons. The van der Waals surface area contributed by atoms with Gasteiger partial charge in [-0.25, -0.2) is 0 Å². The lowest BCUT2D eigenvalue weighted by atomic mass is 9.88. The summed E-state index contributed by atoms with van der Waals surface area (Å²) in [7, 11) is 0. The highest BCUT2D eigenvalue weighted by molar-refractivity contribution is 5.81. The van der Waals surface area contributed by atoms with Crippen molar-refractivity contribution in [2.45, 2.75) is 71.3 Å². The predicted octanol–water partition coefficient (Wildman–Crippen LogP) is 2.52. The van der Waals surface area contributed by atoms with E-state index >= 15 is 0 Å². The monoisotopic (exact) mass is 334 g/mol. The molecule has 5 nitrogen and oxygen atoms in total. The standard InChI is InChI=1S/C19H34N4O/c1-3-20-18(21-14-19(2)10-11-19)22-16-9-12-23(13-16)17(24)15-7-5-4-6-8-15/h15-16H,3-14H2,1-2H3,(H2,20,21,22). The van der Waals surface area contributed by atoms with E-state index in [1.807, 2.05) is 0 Å². The number of guanidine groups is 1. The fourth-order valence-electron chi connectivity index (χ4n) is 3.84. The lowest BCUT2D eigenvalue weighted by Gasteiger charge is -2.26. The maximum absolute atomic E-state index is 12.7. The van der Waals surface area contributed by atoms with Crippen LogP contribution in [0.1, 0.15) is 65.2 Å². The molecule has 3 fully saturated rings. The second kappa shape index (κ2) is 7.75. The lowest BCUT2D eigenvalue weighted by molar-refractivity contribution is -0.135. The largest absolute Gasteiger partial charge is 0.357 e. The summed E-state index contributed by atoms with van der Waals surface area (Å²) in [6.07, 6.45) is 9.55. The van der Waals surface area contributed by atoms with Crippen molar-refractivity contribution in [1.29, 1.82) is 0 Å². The summed E-state index contributed by atoms with van der Waals surface area (Å²) in [5, 5.41) is 6.90. The van der Waals surface area contributed by atoms with Crippen LogP contribution in [0.25, 0.3) is 0 Å². The van der Waals surface area contributed by atoms with Gasteiger partial charge in [-0.3, -0.25) is 9.79 Å². The molecule has 1 heterocycles. The molecule has 3 aliphatic rings. The fraction of sp³-hybridized carbons (Fsp3) is 0.895. The Kier molecular flexibility index (Phi) is 5.67. The van der Waals surface area contributed by atoms with Gasteiger partial charge in [-0.15, -0.1) is 0 Å². The highest BCUT2D eigenvalue weighted by Gasteiger charge is 2.37. The van der Waals surface area contributed by atoms with Gasteiger partial charge in [0, 0.05) is 38.1 Å². The zero-order chi connectivity index (χ0) is 17.0. The molecule has 0 aromatic heterocycles. The third kappa shape index (κ3) is 4.64. The minimum atomic E-state index is 0.286. The van der Waals surface area contributed by atoms with Crippen LogP contribution < -0.4 is 10.6 Å². The van der Waals surface area contributed by atoms with E-state index < -0.39 is 0 Å². The first kappa shape index (κ1) is 17.6. The van der Waals surface area contributed by atoms with Crippen LogP contribution in [0.5, 0.6) is 0 Å². The summed E-state index contributed by atoms with van der Waals surface area (Å²) in [5.41, 5.74) is 0.432. The van der Waals surface area contributed by atoms with Crippen molar-refractivity contribution < 1.29 is 4.79 Å². The number of likely N-dealkylation sites (tertiary alicyclic amines) is 1. The third-order valence-electron chi connectivity index (χ3n) is 5.86. The predicted molar refractivity (Wildman–Crippen MR) is 98.0 cm³/mol. The van der Waals surface area contributed by atoms with Crippen LogP contribution in [-0.4, -0.2) is 49.0 Å². The van der Waals surface area contributed by atoms with Gasteiger partial charge in [0.05, 0.1) is 0 Å². The highest BCUT2D eigenvalue weighted by atomic mass is 16.2. The maximum Gasteiger partial charge on any atom is 0.225 e. The zero-order valence-electron chi connectivity index (χ0n) is 15.4. The number of carbonyl (C=O) groups is 1. The zero-order valence-corrected chi connectivity index (χ0v) is 15.4. The van der Waals surface area contributed by atoms with E-state index in [0.29, 0.717) is 17.4 Å². The van der Waals surface area contributed by atoms with Crippen LogP contribution in [-0.2, 0) is 4.79 Å². The molecule has 0 bridgehead atoms. The third-order valence-corrected chi connectivity index (χ3v) is 5.86. The van der Waals surface area contributed by atoms with Crippen molar-refractivity contribution in [3.63, 3.8) is 0 Å². The summed E-state index contributed by atoms with van der Waals surface area (Å²) in [6.45, 7) is 7.91. The molecule has 24 heavy (non-hydrogen) atoms. The van der Waals surface area contributed by atoms with Gasteiger partial charge >= 0.3 is 0 Å². The van der Waals surface area contributed by atoms with Crippen LogP contribution in [0.2, 0.25) is 0 Å². The van der Waals surface area contributed by atoms with Crippen LogP contribution in [0.3, 0.4) is 0 Å². The average molecular weight is 335 g/mol. The van der Waals surface area contributed by atoms with Gasteiger partial charge in [-0.05, 0) is 44.4 Å². The van der Waals surface area contributed by atoms with Gasteiger partial charge in [-0.2, -0.15) is 0 Å². The molecule has 5 heteroatoms. The number of aliphatic imine (C=N–C) groups is 1. The Morgan fingerprint density at radius 1 is 1.21 bits per heavy atom. The van der Waals surface area contributed by atoms with Gasteiger partial charge in [0.25, 0.3) is 0 Å². The fourth-order valence-corrected chi connectivity index (χ4v) is 3.84. The lowest BCUT2D eigenvalue weighted by Crippen LogP contribution is -2.45. The molecule has 0 spiro atoms. The highest BCUT2D eigenvalue weighted by Crippen LogP contribution is 2.44. The number of nitrogens with zero attached hydrogens (tertiary/aromatic N) is 2. The van der Waals surface area contributed by atoms with E-state index in [1.165, 1.54) is 32.1 Å². The molecule has 3 rings (SSSR count). The molecule has 136 valence electrons. The smallest absolute Gasteiger partial charge is 0.225 e. The molecule has 0 aromatic rings. The number of amides is 1. The summed E-state index contributed by atoms with van der Waals surface area (Å²) in [6, 6.07) is 0.336. The Labute approximate surface area is 146 Å². The molecule has 0 aromatic carbocycles. The first-order valence-corrected chi connectivity index (χ1v) is 9.93. The second-order valence-corrected chi connectivity index (χ2v) is 8.25. The minimum absolute atomic E-state index is 0.286. The van der Waals surface area contributed by atoms with E-state index in [4.69, 9.17) is 4.99 Å². The number of carbonyl (C=O) groups excluding carboxylic acids is 1. The first-order chi connectivity index (χ1) is 11.6. The molecule has 2 N–H and O–H groups in total. The van der Waals surface area contributed by atoms with Crippen LogP contribution in [0.15, 0.2) is 4.99 Å². The summed E-state index contributed by atoms with van der Waals surface area (Å²) >= 11 is 0. The second-order valence-electron chi connectivity index (χ2n) is 8.25. The van der Waals surface area contributed by atoms with Crippen molar-refractivity contribution in [1.82, 2.24) is 15.5 Å². The van der Waals surface area contributed by atoms with E-state index in [9.17, 15) is 4.79 Å². The number of hydrogen-bond donors (Lipinski definition) is 2. The molecule has 1 saturated heterocycles. The number of rotatable bonds is 5. The molecular weight excluding hydrogens is 300 g/mol. The van der Waals surface area contributed by atoms with E-state index in [2.05, 4.69) is 29.4 Å². The topological polar surface area (TPSA) is 56.7 Å². The molecular formula is C19H34N4O. The Morgan fingerprint density at radius 2 is 1.96 bits per heavy atom. The van der Waals surface area contributed by atoms with Crippen molar-refractivity contribution in [3.05, 3.63) is 0 Å². The number of hydrogen-bond acceptors (Lipinski definition) is 2. The SMILES string of the molecule is CCNC(=NCC1(C)CC1)NC1CCN(C(=O)C2CCCCC2)C1. The van der Waals surface area contributed by atoms with Crippen LogP contribution in [0.4, 0.5) is 0 Å². The van der Waals surface area contributed by atoms with E-state index in [1.54, 1.807) is 0 Å². The van der Waals surface area contributed by atoms with Crippen molar-refractivity contribution in [3.8, 4) is 0 Å². The van der Waals surface area contributed by atoms with Crippen molar-refractivity contribution >= 4 is 11.9 Å². The maximum atomic E-state index is 12.7. The summed E-state index contributed by atoms with van der Waals surface area (Å²) in [5.74, 6) is 1.60. The molecule has 1 atom stereocenters. The van der Waals surface area contributed by atoms with Gasteiger partial charge < -0.3 is 15.5 Å². The van der Waals surface area contributed by atoms with Crippen LogP contribution >= 0.6 is 0 Å². The minimum Gasteiger partial charge on any atom is -0.357 e. The van der Waals surface area contributed by atoms with Gasteiger partial charge in [0.1, 0.15) is 0 Å². The Bertz CT molecular complexity index is 466. The number of nitrogens with one attached hydrogen (secondary N) is 2. The first-order valence-electron chi connectivity index (χ1n) is 9.93. The average Bonchev–Trinajstić information content (AvgIpc) is 3.16. The van der Waals surface area contributed by atoms with Crippen molar-refractivity contribution in [2.24, 2.45) is 16.3 Å². The Balaban J connectivity index is 1.49. The normalized spacial score (nSPS) is 27.2. The Hall–Kier alpha value is -1.26. The quantitative estimate of drug-likeness (QED) is 0.600. The van der Waals surface area contributed by atoms with Crippen LogP contribution in [0, 0.1) is 11.3 Å². The van der Waals surface area contributed by atoms with Gasteiger partial charge in [-0.1, -0.05) is 26.2 Å². The van der Waals surface area contributed by atoms with Gasteiger partial charge in [0.15, 0.2) is 5.96 Å². The molecule has 1 aliphatic heterocycles. The van der Waals surface area contributed by atoms with Gasteiger partial charge in [0.2, 0.25) is 5.91 Å². The summed E-state index contributed by atoms with van der Waals surface area (Å²) < 4.78 is 0.